The molecule has 150 valence electrons. The number of carbonyl (C=O) groups excluding carboxylic acids is 1. The number of guanidine groups is 1. The van der Waals surface area contributed by atoms with Crippen LogP contribution in [-0.2, 0) is 10.3 Å². The molecular weight excluding hydrogens is 376 g/mol. The van der Waals surface area contributed by atoms with Gasteiger partial charge in [0.2, 0.25) is 0 Å². The number of ether oxygens (including phenoxy) is 1. The van der Waals surface area contributed by atoms with Gasteiger partial charge in [-0.25, -0.2) is 4.99 Å². The van der Waals surface area contributed by atoms with Crippen LogP contribution in [0.5, 0.6) is 5.75 Å². The molecule has 2 aromatic rings. The molecule has 1 aliphatic heterocycles. The summed E-state index contributed by atoms with van der Waals surface area (Å²) in [5.74, 6) is 5.90. The quantitative estimate of drug-likeness (QED) is 0.786. The summed E-state index contributed by atoms with van der Waals surface area (Å²) < 4.78 is 29.3. The van der Waals surface area contributed by atoms with Gasteiger partial charge in [-0.3, -0.25) is 9.69 Å². The second-order valence-corrected chi connectivity index (χ2v) is 6.58. The number of alkyl halides is 2. The number of aliphatic imine (C=N–C) groups is 1. The van der Waals surface area contributed by atoms with E-state index in [1.807, 2.05) is 13.0 Å². The maximum Gasteiger partial charge on any atom is 0.387 e. The van der Waals surface area contributed by atoms with Gasteiger partial charge in [0.15, 0.2) is 11.5 Å². The van der Waals surface area contributed by atoms with Gasteiger partial charge in [0, 0.05) is 19.0 Å². The minimum Gasteiger partial charge on any atom is -0.435 e. The molecule has 2 aromatic carbocycles. The van der Waals surface area contributed by atoms with E-state index >= 15 is 0 Å². The van der Waals surface area contributed by atoms with Gasteiger partial charge in [-0.1, -0.05) is 43.0 Å². The zero-order valence-electron chi connectivity index (χ0n) is 16.2. The second kappa shape index (κ2) is 8.31. The van der Waals surface area contributed by atoms with Crippen molar-refractivity contribution in [3.8, 4) is 17.6 Å². The summed E-state index contributed by atoms with van der Waals surface area (Å²) in [6.45, 7) is -0.882. The molecule has 7 heteroatoms. The molecule has 1 atom stereocenters. The number of benzene rings is 2. The largest absolute Gasteiger partial charge is 0.435 e. The number of rotatable bonds is 5. The maximum absolute atomic E-state index is 13.2. The van der Waals surface area contributed by atoms with E-state index in [2.05, 4.69) is 21.6 Å². The molecular formula is C22H21F2N3O2. The normalized spacial score (nSPS) is 18.4. The molecule has 0 saturated carbocycles. The van der Waals surface area contributed by atoms with E-state index in [4.69, 9.17) is 5.73 Å². The van der Waals surface area contributed by atoms with E-state index in [0.29, 0.717) is 11.1 Å². The first kappa shape index (κ1) is 20.3. The fourth-order valence-electron chi connectivity index (χ4n) is 3.17. The Hall–Kier alpha value is -3.40. The molecule has 29 heavy (non-hydrogen) atoms. The predicted molar refractivity (Wildman–Crippen MR) is 106 cm³/mol. The predicted octanol–water partition coefficient (Wildman–Crippen LogP) is 3.47. The third kappa shape index (κ3) is 3.92. The summed E-state index contributed by atoms with van der Waals surface area (Å²) in [4.78, 5) is 19.0. The number of halogens is 2. The van der Waals surface area contributed by atoms with Crippen molar-refractivity contribution in [3.63, 3.8) is 0 Å². The molecule has 0 aromatic heterocycles. The number of amides is 1. The first-order valence-electron chi connectivity index (χ1n) is 9.16. The van der Waals surface area contributed by atoms with Crippen LogP contribution in [0.4, 0.5) is 8.78 Å². The minimum absolute atomic E-state index is 0.00571. The fourth-order valence-corrected chi connectivity index (χ4v) is 3.17. The molecule has 0 unspecified atom stereocenters. The lowest BCUT2D eigenvalue weighted by Crippen LogP contribution is -2.41. The van der Waals surface area contributed by atoms with Gasteiger partial charge in [-0.15, -0.1) is 0 Å². The van der Waals surface area contributed by atoms with E-state index in [1.165, 1.54) is 17.0 Å². The first-order chi connectivity index (χ1) is 13.9. The van der Waals surface area contributed by atoms with Crippen LogP contribution in [0.1, 0.15) is 36.5 Å². The summed E-state index contributed by atoms with van der Waals surface area (Å²) in [6.07, 6.45) is 1.72. The maximum atomic E-state index is 13.2. The number of likely N-dealkylation sites (N-methyl/N-ethyl adjacent to an activating group) is 1. The molecule has 0 radical (unpaired) electrons. The van der Waals surface area contributed by atoms with Gasteiger partial charge >= 0.3 is 6.61 Å². The molecule has 1 amide bonds. The van der Waals surface area contributed by atoms with Crippen molar-refractivity contribution in [2.45, 2.75) is 31.9 Å². The molecule has 0 saturated heterocycles. The zero-order chi connectivity index (χ0) is 21.0. The number of nitrogens with two attached hydrogens (primary N) is 1. The highest BCUT2D eigenvalue weighted by molar-refractivity contribution is 6.08. The van der Waals surface area contributed by atoms with Gasteiger partial charge in [0.25, 0.3) is 5.91 Å². The molecule has 1 aliphatic rings. The first-order valence-corrected chi connectivity index (χ1v) is 9.16. The topological polar surface area (TPSA) is 67.9 Å². The third-order valence-electron chi connectivity index (χ3n) is 4.63. The van der Waals surface area contributed by atoms with Gasteiger partial charge in [-0.2, -0.15) is 8.78 Å². The summed E-state index contributed by atoms with van der Waals surface area (Å²) in [6, 6.07) is 13.1. The van der Waals surface area contributed by atoms with Crippen LogP contribution in [0.2, 0.25) is 0 Å². The van der Waals surface area contributed by atoms with Crippen LogP contribution in [0, 0.1) is 11.8 Å². The molecule has 2 N–H and O–H groups in total. The molecule has 0 aliphatic carbocycles. The smallest absolute Gasteiger partial charge is 0.387 e. The molecule has 3 rings (SSSR count). The highest BCUT2D eigenvalue weighted by Gasteiger charge is 2.49. The lowest BCUT2D eigenvalue weighted by Gasteiger charge is -2.26. The lowest BCUT2D eigenvalue weighted by atomic mass is 9.82. The fraction of sp³-hybridized carbons (Fsp3) is 0.273. The van der Waals surface area contributed by atoms with E-state index in [1.54, 1.807) is 37.4 Å². The Labute approximate surface area is 168 Å². The zero-order valence-corrected chi connectivity index (χ0v) is 16.2. The minimum atomic E-state index is -2.93. The number of hydrogen-bond donors (Lipinski definition) is 1. The van der Waals surface area contributed by atoms with Gasteiger partial charge < -0.3 is 10.5 Å². The molecule has 1 heterocycles. The van der Waals surface area contributed by atoms with E-state index in [9.17, 15) is 13.6 Å². The van der Waals surface area contributed by atoms with Crippen molar-refractivity contribution in [3.05, 3.63) is 65.2 Å². The number of carbonyl (C=O) groups is 1. The molecule has 0 spiro atoms. The van der Waals surface area contributed by atoms with Crippen molar-refractivity contribution >= 4 is 11.9 Å². The molecule has 0 bridgehead atoms. The average Bonchev–Trinajstić information content (AvgIpc) is 2.93. The monoisotopic (exact) mass is 397 g/mol. The summed E-state index contributed by atoms with van der Waals surface area (Å²) in [5.41, 5.74) is 6.39. The SMILES string of the molecule is CCCC#Cc1cccc([C@@]2(c3ccc(OC(F)F)cc3)N=C(N)N(C)C2=O)c1. The number of nitrogens with zero attached hydrogens (tertiary/aromatic N) is 2. The Balaban J connectivity index is 2.11. The van der Waals surface area contributed by atoms with Gasteiger partial charge in [0.05, 0.1) is 0 Å². The van der Waals surface area contributed by atoms with E-state index in [-0.39, 0.29) is 17.6 Å². The van der Waals surface area contributed by atoms with Crippen LogP contribution in [0.15, 0.2) is 53.5 Å². The molecule has 0 fully saturated rings. The summed E-state index contributed by atoms with van der Waals surface area (Å²) in [7, 11) is 1.54. The average molecular weight is 397 g/mol. The number of hydrogen-bond acceptors (Lipinski definition) is 4. The summed E-state index contributed by atoms with van der Waals surface area (Å²) in [5, 5.41) is 0. The van der Waals surface area contributed by atoms with Gasteiger partial charge in [0.1, 0.15) is 5.75 Å². The Morgan fingerprint density at radius 1 is 1.21 bits per heavy atom. The van der Waals surface area contributed by atoms with E-state index < -0.39 is 12.2 Å². The Morgan fingerprint density at radius 2 is 1.93 bits per heavy atom. The Kier molecular flexibility index (Phi) is 5.83. The Morgan fingerprint density at radius 3 is 2.52 bits per heavy atom. The van der Waals surface area contributed by atoms with Crippen molar-refractivity contribution in [1.29, 1.82) is 0 Å². The van der Waals surface area contributed by atoms with Crippen molar-refractivity contribution < 1.29 is 18.3 Å². The van der Waals surface area contributed by atoms with Crippen molar-refractivity contribution in [2.75, 3.05) is 7.05 Å². The summed E-state index contributed by atoms with van der Waals surface area (Å²) >= 11 is 0. The van der Waals surface area contributed by atoms with Gasteiger partial charge in [-0.05, 0) is 41.8 Å². The van der Waals surface area contributed by atoms with Crippen LogP contribution < -0.4 is 10.5 Å². The molecule has 5 nitrogen and oxygen atoms in total. The van der Waals surface area contributed by atoms with E-state index in [0.717, 1.165) is 18.4 Å². The second-order valence-electron chi connectivity index (χ2n) is 6.58. The number of unbranched alkanes of at least 4 members (excludes halogenated alkanes) is 1. The van der Waals surface area contributed by atoms with Crippen LogP contribution in [0.25, 0.3) is 0 Å². The highest BCUT2D eigenvalue weighted by atomic mass is 19.3. The standard InChI is InChI=1S/C22H21F2N3O2/c1-3-4-5-7-15-8-6-9-17(14-15)22(19(28)27(2)21(25)26-22)16-10-12-18(13-11-16)29-20(23)24/h6,8-14,20H,3-4H2,1-2H3,(H2,25,26)/t22-/m1/s1. The van der Waals surface area contributed by atoms with Crippen LogP contribution in [0.3, 0.4) is 0 Å². The van der Waals surface area contributed by atoms with Crippen molar-refractivity contribution in [2.24, 2.45) is 10.7 Å². The highest BCUT2D eigenvalue weighted by Crippen LogP contribution is 2.40. The van der Waals surface area contributed by atoms with Crippen LogP contribution >= 0.6 is 0 Å². The lowest BCUT2D eigenvalue weighted by molar-refractivity contribution is -0.129. The Bertz CT molecular complexity index is 993. The van der Waals surface area contributed by atoms with Crippen molar-refractivity contribution in [1.82, 2.24) is 4.90 Å². The van der Waals surface area contributed by atoms with Crippen LogP contribution in [-0.4, -0.2) is 30.4 Å². The third-order valence-corrected chi connectivity index (χ3v) is 4.63.